The zero-order valence-corrected chi connectivity index (χ0v) is 16.8. The third kappa shape index (κ3) is 4.66. The fourth-order valence-electron chi connectivity index (χ4n) is 3.78. The van der Waals surface area contributed by atoms with Gasteiger partial charge in [-0.1, -0.05) is 18.2 Å². The van der Waals surface area contributed by atoms with Gasteiger partial charge < -0.3 is 19.5 Å². The Hall–Kier alpha value is -1.98. The van der Waals surface area contributed by atoms with E-state index in [1.807, 2.05) is 19.2 Å². The van der Waals surface area contributed by atoms with E-state index in [2.05, 4.69) is 11.4 Å². The first kappa shape index (κ1) is 21.3. The van der Waals surface area contributed by atoms with Crippen molar-refractivity contribution < 1.29 is 18.6 Å². The van der Waals surface area contributed by atoms with Crippen LogP contribution in [-0.2, 0) is 0 Å². The van der Waals surface area contributed by atoms with Crippen LogP contribution >= 0.6 is 12.4 Å². The van der Waals surface area contributed by atoms with Gasteiger partial charge in [0.25, 0.3) is 0 Å². The van der Waals surface area contributed by atoms with Gasteiger partial charge in [-0.2, -0.15) is 0 Å². The highest BCUT2D eigenvalue weighted by Gasteiger charge is 2.29. The van der Waals surface area contributed by atoms with E-state index in [0.29, 0.717) is 24.0 Å². The number of hydrogen-bond donors (Lipinski definition) is 1. The molecule has 1 N–H and O–H groups in total. The average Bonchev–Trinajstić information content (AvgIpc) is 2.66. The minimum atomic E-state index is -0.192. The highest BCUT2D eigenvalue weighted by Crippen LogP contribution is 2.48. The number of fused-ring (bicyclic) bond motifs is 1. The van der Waals surface area contributed by atoms with E-state index in [0.717, 1.165) is 36.3 Å². The van der Waals surface area contributed by atoms with Gasteiger partial charge in [-0.15, -0.1) is 12.4 Å². The summed E-state index contributed by atoms with van der Waals surface area (Å²) in [6.07, 6.45) is 1.84. The van der Waals surface area contributed by atoms with Crippen LogP contribution in [0.5, 0.6) is 17.2 Å². The Kier molecular flexibility index (Phi) is 7.75. The number of hydrogen-bond acceptors (Lipinski definition) is 4. The molecule has 0 saturated carbocycles. The molecule has 1 heterocycles. The van der Waals surface area contributed by atoms with Crippen LogP contribution in [0.15, 0.2) is 36.4 Å². The zero-order valence-electron chi connectivity index (χ0n) is 16.0. The molecule has 3 rings (SSSR count). The minimum Gasteiger partial charge on any atom is -0.493 e. The minimum absolute atomic E-state index is 0. The molecule has 0 aliphatic carbocycles. The average molecular weight is 396 g/mol. The van der Waals surface area contributed by atoms with Crippen LogP contribution in [0.4, 0.5) is 4.39 Å². The summed E-state index contributed by atoms with van der Waals surface area (Å²) in [6.45, 7) is 1.43. The van der Waals surface area contributed by atoms with E-state index in [1.54, 1.807) is 26.4 Å². The Morgan fingerprint density at radius 1 is 1.22 bits per heavy atom. The van der Waals surface area contributed by atoms with Crippen LogP contribution in [0.25, 0.3) is 0 Å². The maximum Gasteiger partial charge on any atom is 0.203 e. The SMILES string of the molecule is CNCC(CC1CCOc2c1ccc(OC)c2OC)c1cccc(F)c1.Cl. The molecule has 27 heavy (non-hydrogen) atoms. The monoisotopic (exact) mass is 395 g/mol. The molecule has 6 heteroatoms. The lowest BCUT2D eigenvalue weighted by Gasteiger charge is -2.30. The largest absolute Gasteiger partial charge is 0.493 e. The smallest absolute Gasteiger partial charge is 0.203 e. The Morgan fingerprint density at radius 2 is 2.04 bits per heavy atom. The Labute approximate surface area is 166 Å². The quantitative estimate of drug-likeness (QED) is 0.748. The third-order valence-corrected chi connectivity index (χ3v) is 5.02. The van der Waals surface area contributed by atoms with E-state index >= 15 is 0 Å². The lowest BCUT2D eigenvalue weighted by molar-refractivity contribution is 0.239. The summed E-state index contributed by atoms with van der Waals surface area (Å²) in [5.74, 6) is 2.43. The number of benzene rings is 2. The van der Waals surface area contributed by atoms with Crippen molar-refractivity contribution in [1.29, 1.82) is 0 Å². The van der Waals surface area contributed by atoms with E-state index in [9.17, 15) is 4.39 Å². The normalized spacial score (nSPS) is 16.5. The number of nitrogens with one attached hydrogen (secondary N) is 1. The molecule has 0 saturated heterocycles. The van der Waals surface area contributed by atoms with Crippen molar-refractivity contribution in [3.8, 4) is 17.2 Å². The molecule has 2 aromatic carbocycles. The zero-order chi connectivity index (χ0) is 18.5. The number of halogens is 2. The van der Waals surface area contributed by atoms with Gasteiger partial charge in [0.05, 0.1) is 20.8 Å². The Bertz CT molecular complexity index is 756. The predicted molar refractivity (Wildman–Crippen MR) is 107 cm³/mol. The van der Waals surface area contributed by atoms with Crippen LogP contribution in [0.2, 0.25) is 0 Å². The molecule has 4 nitrogen and oxygen atoms in total. The third-order valence-electron chi connectivity index (χ3n) is 5.02. The van der Waals surface area contributed by atoms with Crippen LogP contribution in [-0.4, -0.2) is 34.4 Å². The summed E-state index contributed by atoms with van der Waals surface area (Å²) in [4.78, 5) is 0. The fraction of sp³-hybridized carbons (Fsp3) is 0.429. The van der Waals surface area contributed by atoms with Crippen molar-refractivity contribution >= 4 is 12.4 Å². The first-order chi connectivity index (χ1) is 12.7. The van der Waals surface area contributed by atoms with Gasteiger partial charge in [0, 0.05) is 12.1 Å². The molecule has 2 atom stereocenters. The van der Waals surface area contributed by atoms with Gasteiger partial charge in [-0.3, -0.25) is 0 Å². The highest BCUT2D eigenvalue weighted by atomic mass is 35.5. The molecule has 0 amide bonds. The molecule has 1 aliphatic rings. The lowest BCUT2D eigenvalue weighted by atomic mass is 9.82. The van der Waals surface area contributed by atoms with Crippen LogP contribution in [0.1, 0.15) is 35.8 Å². The van der Waals surface area contributed by atoms with Gasteiger partial charge in [0.15, 0.2) is 11.5 Å². The van der Waals surface area contributed by atoms with Crippen molar-refractivity contribution in [1.82, 2.24) is 5.32 Å². The van der Waals surface area contributed by atoms with Gasteiger partial charge in [0.1, 0.15) is 5.82 Å². The first-order valence-corrected chi connectivity index (χ1v) is 8.95. The van der Waals surface area contributed by atoms with Crippen molar-refractivity contribution in [3.05, 3.63) is 53.3 Å². The van der Waals surface area contributed by atoms with Crippen molar-refractivity contribution in [3.63, 3.8) is 0 Å². The van der Waals surface area contributed by atoms with E-state index in [4.69, 9.17) is 14.2 Å². The fourth-order valence-corrected chi connectivity index (χ4v) is 3.78. The molecule has 0 radical (unpaired) electrons. The molecular weight excluding hydrogens is 369 g/mol. The molecule has 2 unspecified atom stereocenters. The second-order valence-corrected chi connectivity index (χ2v) is 6.60. The van der Waals surface area contributed by atoms with Gasteiger partial charge in [-0.25, -0.2) is 4.39 Å². The molecule has 0 fully saturated rings. The van der Waals surface area contributed by atoms with Crippen molar-refractivity contribution in [2.45, 2.75) is 24.7 Å². The molecule has 0 bridgehead atoms. The number of ether oxygens (including phenoxy) is 3. The maximum absolute atomic E-state index is 13.7. The van der Waals surface area contributed by atoms with Gasteiger partial charge >= 0.3 is 0 Å². The van der Waals surface area contributed by atoms with Crippen molar-refractivity contribution in [2.24, 2.45) is 0 Å². The summed E-state index contributed by atoms with van der Waals surface area (Å²) in [6, 6.07) is 10.9. The second-order valence-electron chi connectivity index (χ2n) is 6.60. The summed E-state index contributed by atoms with van der Waals surface area (Å²) < 4.78 is 30.5. The lowest BCUT2D eigenvalue weighted by Crippen LogP contribution is -2.22. The highest BCUT2D eigenvalue weighted by molar-refractivity contribution is 5.85. The molecule has 1 aliphatic heterocycles. The van der Waals surface area contributed by atoms with Crippen LogP contribution < -0.4 is 19.5 Å². The Morgan fingerprint density at radius 3 is 2.70 bits per heavy atom. The summed E-state index contributed by atoms with van der Waals surface area (Å²) in [7, 11) is 5.18. The second kappa shape index (κ2) is 9.81. The van der Waals surface area contributed by atoms with Gasteiger partial charge in [-0.05, 0) is 55.5 Å². The number of methoxy groups -OCH3 is 2. The van der Waals surface area contributed by atoms with E-state index in [-0.39, 0.29) is 24.1 Å². The maximum atomic E-state index is 13.7. The number of likely N-dealkylation sites (N-methyl/N-ethyl adjacent to an activating group) is 1. The number of rotatable bonds is 7. The topological polar surface area (TPSA) is 39.7 Å². The van der Waals surface area contributed by atoms with Gasteiger partial charge in [0.2, 0.25) is 5.75 Å². The van der Waals surface area contributed by atoms with Crippen LogP contribution in [0, 0.1) is 5.82 Å². The standard InChI is InChI=1S/C21H26FNO3.ClH/c1-23-13-16(14-5-4-6-17(22)12-14)11-15-9-10-26-20-18(15)7-8-19(24-2)21(20)25-3;/h4-8,12,15-16,23H,9-11,13H2,1-3H3;1H. The summed E-state index contributed by atoms with van der Waals surface area (Å²) >= 11 is 0. The Balaban J connectivity index is 0.00000261. The molecular formula is C21H27ClFNO3. The molecule has 0 aromatic heterocycles. The first-order valence-electron chi connectivity index (χ1n) is 8.95. The summed E-state index contributed by atoms with van der Waals surface area (Å²) in [5.41, 5.74) is 2.15. The molecule has 2 aromatic rings. The van der Waals surface area contributed by atoms with Crippen LogP contribution in [0.3, 0.4) is 0 Å². The summed E-state index contributed by atoms with van der Waals surface area (Å²) in [5, 5.41) is 3.24. The van der Waals surface area contributed by atoms with Crippen molar-refractivity contribution in [2.75, 3.05) is 34.4 Å². The predicted octanol–water partition coefficient (Wildman–Crippen LogP) is 4.52. The van der Waals surface area contributed by atoms with E-state index in [1.165, 1.54) is 6.07 Å². The van der Waals surface area contributed by atoms with E-state index < -0.39 is 0 Å². The molecule has 148 valence electrons. The molecule has 0 spiro atoms.